The molecule has 4 heteroatoms. The molecule has 1 aromatic carbocycles. The lowest BCUT2D eigenvalue weighted by Crippen LogP contribution is -1.97. The molecule has 0 aliphatic carbocycles. The number of carboxylic acids is 1. The van der Waals surface area contributed by atoms with Gasteiger partial charge in [-0.25, -0.2) is 9.18 Å². The Bertz CT molecular complexity index is 519. The molecule has 16 heavy (non-hydrogen) atoms. The minimum atomic E-state index is -1.01. The van der Waals surface area contributed by atoms with E-state index < -0.39 is 5.97 Å². The lowest BCUT2D eigenvalue weighted by molar-refractivity contribution is 0.0691. The van der Waals surface area contributed by atoms with Gasteiger partial charge < -0.3 is 10.1 Å². The highest BCUT2D eigenvalue weighted by Gasteiger charge is 2.07. The molecule has 0 spiro atoms. The number of aromatic carboxylic acids is 1. The molecular formula is C12H10FNO2. The van der Waals surface area contributed by atoms with E-state index in [1.807, 2.05) is 0 Å². The number of benzene rings is 1. The van der Waals surface area contributed by atoms with Crippen molar-refractivity contribution in [3.63, 3.8) is 0 Å². The number of halogens is 1. The number of hydrogen-bond acceptors (Lipinski definition) is 1. The van der Waals surface area contributed by atoms with Crippen LogP contribution < -0.4 is 0 Å². The molecule has 0 amide bonds. The number of H-pyrrole nitrogens is 1. The highest BCUT2D eigenvalue weighted by molar-refractivity contribution is 5.85. The van der Waals surface area contributed by atoms with Gasteiger partial charge in [0.15, 0.2) is 0 Å². The van der Waals surface area contributed by atoms with Gasteiger partial charge in [0.2, 0.25) is 0 Å². The van der Waals surface area contributed by atoms with Crippen LogP contribution in [-0.4, -0.2) is 16.1 Å². The molecular weight excluding hydrogens is 209 g/mol. The van der Waals surface area contributed by atoms with Crippen molar-refractivity contribution in [3.8, 4) is 0 Å². The number of carbonyl (C=O) groups is 1. The van der Waals surface area contributed by atoms with E-state index in [2.05, 4.69) is 4.98 Å². The van der Waals surface area contributed by atoms with E-state index in [1.54, 1.807) is 24.3 Å². The second-order valence-electron chi connectivity index (χ2n) is 3.47. The molecule has 0 saturated carbocycles. The maximum atomic E-state index is 13.3. The lowest BCUT2D eigenvalue weighted by atomic mass is 10.1. The Kier molecular flexibility index (Phi) is 2.72. The first-order valence-electron chi connectivity index (χ1n) is 4.81. The number of hydrogen-bond donors (Lipinski definition) is 2. The van der Waals surface area contributed by atoms with Gasteiger partial charge in [0.05, 0.1) is 0 Å². The van der Waals surface area contributed by atoms with Gasteiger partial charge in [-0.1, -0.05) is 18.2 Å². The van der Waals surface area contributed by atoms with Crippen molar-refractivity contribution in [1.29, 1.82) is 0 Å². The van der Waals surface area contributed by atoms with E-state index in [9.17, 15) is 9.18 Å². The molecule has 0 aliphatic heterocycles. The van der Waals surface area contributed by atoms with Crippen LogP contribution in [0.4, 0.5) is 4.39 Å². The fourth-order valence-corrected chi connectivity index (χ4v) is 1.52. The predicted octanol–water partition coefficient (Wildman–Crippen LogP) is 2.44. The first kappa shape index (κ1) is 10.4. The summed E-state index contributed by atoms with van der Waals surface area (Å²) in [5, 5.41) is 8.71. The summed E-state index contributed by atoms with van der Waals surface area (Å²) in [5.41, 5.74) is 1.34. The average Bonchev–Trinajstić information content (AvgIpc) is 2.70. The Morgan fingerprint density at radius 1 is 1.25 bits per heavy atom. The van der Waals surface area contributed by atoms with Crippen LogP contribution in [-0.2, 0) is 6.42 Å². The van der Waals surface area contributed by atoms with Crippen molar-refractivity contribution in [3.05, 3.63) is 59.2 Å². The summed E-state index contributed by atoms with van der Waals surface area (Å²) < 4.78 is 13.3. The van der Waals surface area contributed by atoms with Crippen LogP contribution in [0.15, 0.2) is 36.4 Å². The van der Waals surface area contributed by atoms with Crippen molar-refractivity contribution in [2.24, 2.45) is 0 Å². The molecule has 82 valence electrons. The Morgan fingerprint density at radius 2 is 2.00 bits per heavy atom. The van der Waals surface area contributed by atoms with Crippen LogP contribution in [0.25, 0.3) is 0 Å². The van der Waals surface area contributed by atoms with E-state index in [1.165, 1.54) is 12.1 Å². The monoisotopic (exact) mass is 219 g/mol. The van der Waals surface area contributed by atoms with E-state index in [-0.39, 0.29) is 11.5 Å². The zero-order valence-electron chi connectivity index (χ0n) is 8.40. The van der Waals surface area contributed by atoms with Gasteiger partial charge in [-0.2, -0.15) is 0 Å². The third kappa shape index (κ3) is 2.11. The molecule has 2 N–H and O–H groups in total. The lowest BCUT2D eigenvalue weighted by Gasteiger charge is -2.00. The van der Waals surface area contributed by atoms with Crippen LogP contribution in [0, 0.1) is 5.82 Å². The van der Waals surface area contributed by atoms with Crippen LogP contribution in [0.3, 0.4) is 0 Å². The minimum absolute atomic E-state index is 0.117. The molecule has 0 radical (unpaired) electrons. The zero-order valence-corrected chi connectivity index (χ0v) is 8.40. The number of rotatable bonds is 3. The smallest absolute Gasteiger partial charge is 0.352 e. The number of aromatic amines is 1. The molecule has 3 nitrogen and oxygen atoms in total. The molecule has 0 aliphatic rings. The molecule has 0 bridgehead atoms. The SMILES string of the molecule is O=C(O)c1ccc(Cc2ccccc2F)[nH]1. The highest BCUT2D eigenvalue weighted by atomic mass is 19.1. The van der Waals surface area contributed by atoms with Crippen LogP contribution >= 0.6 is 0 Å². The van der Waals surface area contributed by atoms with E-state index in [0.717, 1.165) is 0 Å². The Balaban J connectivity index is 2.21. The minimum Gasteiger partial charge on any atom is -0.477 e. The molecule has 0 saturated heterocycles. The summed E-state index contributed by atoms with van der Waals surface area (Å²) in [6.07, 6.45) is 0.361. The normalized spacial score (nSPS) is 10.3. The maximum Gasteiger partial charge on any atom is 0.352 e. The Hall–Kier alpha value is -2.10. The molecule has 1 aromatic heterocycles. The van der Waals surface area contributed by atoms with Crippen molar-refractivity contribution < 1.29 is 14.3 Å². The summed E-state index contributed by atoms with van der Waals surface area (Å²) in [7, 11) is 0. The number of carboxylic acid groups (broad SMARTS) is 1. The van der Waals surface area contributed by atoms with E-state index in [4.69, 9.17) is 5.11 Å². The third-order valence-corrected chi connectivity index (χ3v) is 2.32. The molecule has 1 heterocycles. The van der Waals surface area contributed by atoms with Gasteiger partial charge in [-0.3, -0.25) is 0 Å². The summed E-state index contributed by atoms with van der Waals surface area (Å²) in [5.74, 6) is -1.30. The average molecular weight is 219 g/mol. The molecule has 0 atom stereocenters. The third-order valence-electron chi connectivity index (χ3n) is 2.32. The van der Waals surface area contributed by atoms with Crippen molar-refractivity contribution in [2.75, 3.05) is 0 Å². The van der Waals surface area contributed by atoms with Crippen LogP contribution in [0.2, 0.25) is 0 Å². The van der Waals surface area contributed by atoms with Crippen molar-refractivity contribution in [2.45, 2.75) is 6.42 Å². The first-order chi connectivity index (χ1) is 7.66. The Morgan fingerprint density at radius 3 is 2.62 bits per heavy atom. The van der Waals surface area contributed by atoms with Gasteiger partial charge in [0, 0.05) is 12.1 Å². The van der Waals surface area contributed by atoms with Gasteiger partial charge in [0.1, 0.15) is 11.5 Å². The molecule has 2 rings (SSSR count). The summed E-state index contributed by atoms with van der Waals surface area (Å²) in [6.45, 7) is 0. The van der Waals surface area contributed by atoms with Crippen molar-refractivity contribution >= 4 is 5.97 Å². The fourth-order valence-electron chi connectivity index (χ4n) is 1.52. The number of aromatic nitrogens is 1. The standard InChI is InChI=1S/C12H10FNO2/c13-10-4-2-1-3-8(10)7-9-5-6-11(14-9)12(15)16/h1-6,14H,7H2,(H,15,16). The van der Waals surface area contributed by atoms with Gasteiger partial charge in [-0.15, -0.1) is 0 Å². The van der Waals surface area contributed by atoms with Gasteiger partial charge >= 0.3 is 5.97 Å². The molecule has 2 aromatic rings. The van der Waals surface area contributed by atoms with Crippen molar-refractivity contribution in [1.82, 2.24) is 4.98 Å². The summed E-state index contributed by atoms with van der Waals surface area (Å²) >= 11 is 0. The van der Waals surface area contributed by atoms with E-state index >= 15 is 0 Å². The quantitative estimate of drug-likeness (QED) is 0.833. The molecule has 0 fully saturated rings. The van der Waals surface area contributed by atoms with Crippen LogP contribution in [0.5, 0.6) is 0 Å². The number of nitrogens with one attached hydrogen (secondary N) is 1. The highest BCUT2D eigenvalue weighted by Crippen LogP contribution is 2.12. The molecule has 0 unspecified atom stereocenters. The largest absolute Gasteiger partial charge is 0.477 e. The second-order valence-corrected chi connectivity index (χ2v) is 3.47. The topological polar surface area (TPSA) is 53.1 Å². The first-order valence-corrected chi connectivity index (χ1v) is 4.81. The second kappa shape index (κ2) is 4.18. The van der Waals surface area contributed by atoms with Gasteiger partial charge in [-0.05, 0) is 23.8 Å². The van der Waals surface area contributed by atoms with Gasteiger partial charge in [0.25, 0.3) is 0 Å². The summed E-state index contributed by atoms with van der Waals surface area (Å²) in [6, 6.07) is 9.55. The van der Waals surface area contributed by atoms with E-state index in [0.29, 0.717) is 17.7 Å². The fraction of sp³-hybridized carbons (Fsp3) is 0.0833. The predicted molar refractivity (Wildman–Crippen MR) is 57.0 cm³/mol. The summed E-state index contributed by atoms with van der Waals surface area (Å²) in [4.78, 5) is 13.4. The Labute approximate surface area is 91.5 Å². The van der Waals surface area contributed by atoms with Crippen LogP contribution in [0.1, 0.15) is 21.7 Å². The maximum absolute atomic E-state index is 13.3. The zero-order chi connectivity index (χ0) is 11.5.